The Morgan fingerprint density at radius 1 is 1.33 bits per heavy atom. The van der Waals surface area contributed by atoms with E-state index in [0.717, 1.165) is 5.56 Å². The summed E-state index contributed by atoms with van der Waals surface area (Å²) < 4.78 is 5.24. The SMILES string of the molecule is CCC(=O)O[C@H](C)c1ccc(C)c(C)c1. The molecule has 1 atom stereocenters. The predicted octanol–water partition coefficient (Wildman–Crippen LogP) is 3.32. The molecule has 1 aromatic carbocycles. The van der Waals surface area contributed by atoms with Crippen LogP contribution in [0.2, 0.25) is 0 Å². The molecule has 0 bridgehead atoms. The number of esters is 1. The first-order chi connectivity index (χ1) is 7.04. The lowest BCUT2D eigenvalue weighted by Crippen LogP contribution is -2.07. The highest BCUT2D eigenvalue weighted by atomic mass is 16.5. The van der Waals surface area contributed by atoms with E-state index in [1.165, 1.54) is 11.1 Å². The van der Waals surface area contributed by atoms with Gasteiger partial charge in [0.2, 0.25) is 0 Å². The molecule has 2 heteroatoms. The van der Waals surface area contributed by atoms with Crippen LogP contribution in [-0.4, -0.2) is 5.97 Å². The van der Waals surface area contributed by atoms with Crippen LogP contribution in [0, 0.1) is 13.8 Å². The van der Waals surface area contributed by atoms with Gasteiger partial charge in [0, 0.05) is 6.42 Å². The summed E-state index contributed by atoms with van der Waals surface area (Å²) >= 11 is 0. The Hall–Kier alpha value is -1.31. The van der Waals surface area contributed by atoms with E-state index < -0.39 is 0 Å². The lowest BCUT2D eigenvalue weighted by atomic mass is 10.0. The zero-order valence-electron chi connectivity index (χ0n) is 9.83. The van der Waals surface area contributed by atoms with Gasteiger partial charge in [0.1, 0.15) is 6.10 Å². The average molecular weight is 206 g/mol. The molecular formula is C13H18O2. The van der Waals surface area contributed by atoms with Gasteiger partial charge in [0.25, 0.3) is 0 Å². The highest BCUT2D eigenvalue weighted by molar-refractivity contribution is 5.69. The fourth-order valence-corrected chi connectivity index (χ4v) is 1.37. The van der Waals surface area contributed by atoms with Crippen molar-refractivity contribution in [3.05, 3.63) is 34.9 Å². The largest absolute Gasteiger partial charge is 0.458 e. The third-order valence-electron chi connectivity index (χ3n) is 2.60. The Labute approximate surface area is 91.3 Å². The van der Waals surface area contributed by atoms with Gasteiger partial charge in [0.15, 0.2) is 0 Å². The maximum atomic E-state index is 11.1. The maximum absolute atomic E-state index is 11.1. The summed E-state index contributed by atoms with van der Waals surface area (Å²) in [4.78, 5) is 11.1. The van der Waals surface area contributed by atoms with Crippen molar-refractivity contribution in [3.8, 4) is 0 Å². The summed E-state index contributed by atoms with van der Waals surface area (Å²) in [6.45, 7) is 7.84. The van der Waals surface area contributed by atoms with Crippen LogP contribution in [0.25, 0.3) is 0 Å². The molecule has 1 rings (SSSR count). The quantitative estimate of drug-likeness (QED) is 0.709. The van der Waals surface area contributed by atoms with Gasteiger partial charge in [0.05, 0.1) is 0 Å². The van der Waals surface area contributed by atoms with Gasteiger partial charge in [-0.1, -0.05) is 25.1 Å². The van der Waals surface area contributed by atoms with Crippen LogP contribution in [-0.2, 0) is 9.53 Å². The molecule has 0 saturated heterocycles. The molecule has 1 aromatic rings. The van der Waals surface area contributed by atoms with Crippen LogP contribution >= 0.6 is 0 Å². The molecule has 0 N–H and O–H groups in total. The lowest BCUT2D eigenvalue weighted by molar-refractivity contribution is -0.148. The highest BCUT2D eigenvalue weighted by Crippen LogP contribution is 2.20. The molecule has 0 radical (unpaired) electrons. The molecule has 2 nitrogen and oxygen atoms in total. The van der Waals surface area contributed by atoms with Crippen molar-refractivity contribution in [1.82, 2.24) is 0 Å². The van der Waals surface area contributed by atoms with Crippen molar-refractivity contribution >= 4 is 5.97 Å². The van der Waals surface area contributed by atoms with Crippen molar-refractivity contribution in [3.63, 3.8) is 0 Å². The summed E-state index contributed by atoms with van der Waals surface area (Å²) in [5.41, 5.74) is 3.54. The third-order valence-corrected chi connectivity index (χ3v) is 2.60. The smallest absolute Gasteiger partial charge is 0.306 e. The number of hydrogen-bond acceptors (Lipinski definition) is 2. The number of carbonyl (C=O) groups is 1. The standard InChI is InChI=1S/C13H18O2/c1-5-13(14)15-11(4)12-7-6-9(2)10(3)8-12/h6-8,11H,5H2,1-4H3/t11-/m1/s1. The molecule has 0 aliphatic carbocycles. The van der Waals surface area contributed by atoms with Crippen LogP contribution in [0.3, 0.4) is 0 Å². The molecule has 0 aromatic heterocycles. The monoisotopic (exact) mass is 206 g/mol. The molecule has 0 fully saturated rings. The summed E-state index contributed by atoms with van der Waals surface area (Å²) in [6, 6.07) is 6.14. The Balaban J connectivity index is 2.78. The van der Waals surface area contributed by atoms with Crippen LogP contribution in [0.15, 0.2) is 18.2 Å². The van der Waals surface area contributed by atoms with Gasteiger partial charge in [-0.25, -0.2) is 0 Å². The molecule has 0 saturated carbocycles. The van der Waals surface area contributed by atoms with Gasteiger partial charge in [-0.3, -0.25) is 4.79 Å². The minimum Gasteiger partial charge on any atom is -0.458 e. The molecule has 0 amide bonds. The van der Waals surface area contributed by atoms with E-state index in [4.69, 9.17) is 4.74 Å². The molecule has 0 unspecified atom stereocenters. The van der Waals surface area contributed by atoms with Crippen molar-refractivity contribution in [1.29, 1.82) is 0 Å². The fourth-order valence-electron chi connectivity index (χ4n) is 1.37. The van der Waals surface area contributed by atoms with Crippen molar-refractivity contribution in [2.75, 3.05) is 0 Å². The molecular weight excluding hydrogens is 188 g/mol. The molecule has 15 heavy (non-hydrogen) atoms. The zero-order valence-corrected chi connectivity index (χ0v) is 9.83. The second-order valence-electron chi connectivity index (χ2n) is 3.83. The Morgan fingerprint density at radius 2 is 2.00 bits per heavy atom. The number of carbonyl (C=O) groups excluding carboxylic acids is 1. The first-order valence-corrected chi connectivity index (χ1v) is 5.31. The number of ether oxygens (including phenoxy) is 1. The van der Waals surface area contributed by atoms with Crippen LogP contribution < -0.4 is 0 Å². The summed E-state index contributed by atoms with van der Waals surface area (Å²) in [5.74, 6) is -0.152. The van der Waals surface area contributed by atoms with Gasteiger partial charge in [-0.2, -0.15) is 0 Å². The fraction of sp³-hybridized carbons (Fsp3) is 0.462. The number of aryl methyl sites for hydroxylation is 2. The van der Waals surface area contributed by atoms with E-state index in [1.807, 2.05) is 13.0 Å². The molecule has 82 valence electrons. The van der Waals surface area contributed by atoms with Gasteiger partial charge in [-0.15, -0.1) is 0 Å². The Morgan fingerprint density at radius 3 is 2.53 bits per heavy atom. The van der Waals surface area contributed by atoms with Crippen molar-refractivity contribution in [2.45, 2.75) is 40.2 Å². The van der Waals surface area contributed by atoms with E-state index in [0.29, 0.717) is 6.42 Å². The van der Waals surface area contributed by atoms with E-state index in [2.05, 4.69) is 26.0 Å². The van der Waals surface area contributed by atoms with Crippen LogP contribution in [0.5, 0.6) is 0 Å². The topological polar surface area (TPSA) is 26.3 Å². The van der Waals surface area contributed by atoms with Gasteiger partial charge >= 0.3 is 5.97 Å². The number of benzene rings is 1. The summed E-state index contributed by atoms with van der Waals surface area (Å²) in [7, 11) is 0. The maximum Gasteiger partial charge on any atom is 0.306 e. The molecule has 0 aliphatic heterocycles. The zero-order chi connectivity index (χ0) is 11.4. The second-order valence-corrected chi connectivity index (χ2v) is 3.83. The normalized spacial score (nSPS) is 12.3. The highest BCUT2D eigenvalue weighted by Gasteiger charge is 2.10. The first kappa shape index (κ1) is 11.8. The second kappa shape index (κ2) is 4.96. The minimum absolute atomic E-state index is 0.152. The molecule has 0 spiro atoms. The van der Waals surface area contributed by atoms with E-state index in [-0.39, 0.29) is 12.1 Å². The molecule has 0 aliphatic rings. The Kier molecular flexibility index (Phi) is 3.89. The first-order valence-electron chi connectivity index (χ1n) is 5.31. The lowest BCUT2D eigenvalue weighted by Gasteiger charge is -2.14. The van der Waals surface area contributed by atoms with Crippen molar-refractivity contribution < 1.29 is 9.53 Å². The molecule has 0 heterocycles. The number of rotatable bonds is 3. The van der Waals surface area contributed by atoms with Crippen molar-refractivity contribution in [2.24, 2.45) is 0 Å². The van der Waals surface area contributed by atoms with Gasteiger partial charge < -0.3 is 4.74 Å². The average Bonchev–Trinajstić information content (AvgIpc) is 2.21. The summed E-state index contributed by atoms with van der Waals surface area (Å²) in [5, 5.41) is 0. The van der Waals surface area contributed by atoms with Crippen LogP contribution in [0.1, 0.15) is 43.1 Å². The minimum atomic E-state index is -0.156. The Bertz CT molecular complexity index is 356. The van der Waals surface area contributed by atoms with E-state index in [1.54, 1.807) is 6.92 Å². The van der Waals surface area contributed by atoms with Crippen LogP contribution in [0.4, 0.5) is 0 Å². The van der Waals surface area contributed by atoms with Gasteiger partial charge in [-0.05, 0) is 37.5 Å². The summed E-state index contributed by atoms with van der Waals surface area (Å²) in [6.07, 6.45) is 0.270. The van der Waals surface area contributed by atoms with E-state index >= 15 is 0 Å². The predicted molar refractivity (Wildman–Crippen MR) is 60.7 cm³/mol. The number of hydrogen-bond donors (Lipinski definition) is 0. The van der Waals surface area contributed by atoms with E-state index in [9.17, 15) is 4.79 Å². The third kappa shape index (κ3) is 3.08.